The maximum absolute atomic E-state index is 6.19. The number of rotatable bonds is 5. The van der Waals surface area contributed by atoms with Gasteiger partial charge in [-0.3, -0.25) is 4.68 Å². The minimum atomic E-state index is 0.0164. The van der Waals surface area contributed by atoms with Crippen molar-refractivity contribution in [2.75, 3.05) is 0 Å². The first-order valence-electron chi connectivity index (χ1n) is 6.69. The van der Waals surface area contributed by atoms with E-state index in [1.807, 2.05) is 29.1 Å². The normalized spacial score (nSPS) is 12.9. The zero-order valence-electron chi connectivity index (χ0n) is 11.7. The van der Waals surface area contributed by atoms with E-state index in [0.717, 1.165) is 24.1 Å². The summed E-state index contributed by atoms with van der Waals surface area (Å²) in [5.74, 6) is 0. The number of aromatic nitrogens is 2. The molecule has 1 aromatic carbocycles. The molecule has 0 fully saturated rings. The third-order valence-electron chi connectivity index (χ3n) is 3.15. The molecule has 0 saturated carbocycles. The quantitative estimate of drug-likeness (QED) is 0.910. The molecule has 2 aromatic rings. The maximum atomic E-state index is 6.19. The summed E-state index contributed by atoms with van der Waals surface area (Å²) in [4.78, 5) is 0. The van der Waals surface area contributed by atoms with Gasteiger partial charge in [0.1, 0.15) is 0 Å². The summed E-state index contributed by atoms with van der Waals surface area (Å²) >= 11 is 11.9. The Hall–Kier alpha value is -1.03. The predicted molar refractivity (Wildman–Crippen MR) is 84.5 cm³/mol. The van der Waals surface area contributed by atoms with Gasteiger partial charge in [0.25, 0.3) is 0 Å². The lowest BCUT2D eigenvalue weighted by atomic mass is 10.0. The topological polar surface area (TPSA) is 43.8 Å². The van der Waals surface area contributed by atoms with Gasteiger partial charge in [-0.2, -0.15) is 5.10 Å². The fourth-order valence-corrected chi connectivity index (χ4v) is 2.40. The first-order chi connectivity index (χ1) is 9.45. The Balaban J connectivity index is 1.97. The number of nitrogens with two attached hydrogens (primary N) is 1. The molecule has 0 aliphatic heterocycles. The highest BCUT2D eigenvalue weighted by Gasteiger charge is 2.10. The molecular weight excluding hydrogens is 293 g/mol. The molecule has 1 heterocycles. The van der Waals surface area contributed by atoms with Gasteiger partial charge >= 0.3 is 0 Å². The average molecular weight is 312 g/mol. The number of hydrogen-bond acceptors (Lipinski definition) is 2. The molecule has 0 aliphatic carbocycles. The van der Waals surface area contributed by atoms with Crippen LogP contribution in [0.4, 0.5) is 0 Å². The highest BCUT2D eigenvalue weighted by molar-refractivity contribution is 6.42. The van der Waals surface area contributed by atoms with Crippen LogP contribution in [0.25, 0.3) is 0 Å². The Labute approximate surface area is 129 Å². The zero-order valence-corrected chi connectivity index (χ0v) is 13.2. The van der Waals surface area contributed by atoms with E-state index in [1.165, 1.54) is 0 Å². The van der Waals surface area contributed by atoms with Gasteiger partial charge in [0.2, 0.25) is 0 Å². The van der Waals surface area contributed by atoms with Crippen LogP contribution in [-0.2, 0) is 12.8 Å². The predicted octanol–water partition coefficient (Wildman–Crippen LogP) is 3.88. The molecule has 2 N–H and O–H groups in total. The van der Waals surface area contributed by atoms with Crippen LogP contribution in [0.1, 0.15) is 31.1 Å². The van der Waals surface area contributed by atoms with Crippen LogP contribution in [0, 0.1) is 0 Å². The van der Waals surface area contributed by atoms with Crippen molar-refractivity contribution in [1.29, 1.82) is 0 Å². The second-order valence-corrected chi connectivity index (χ2v) is 6.11. The van der Waals surface area contributed by atoms with Crippen molar-refractivity contribution in [3.8, 4) is 0 Å². The number of benzene rings is 1. The van der Waals surface area contributed by atoms with Gasteiger partial charge in [0.15, 0.2) is 0 Å². The minimum Gasteiger partial charge on any atom is -0.327 e. The molecule has 1 atom stereocenters. The largest absolute Gasteiger partial charge is 0.327 e. The van der Waals surface area contributed by atoms with Crippen molar-refractivity contribution in [2.24, 2.45) is 5.73 Å². The first-order valence-corrected chi connectivity index (χ1v) is 7.45. The standard InChI is InChI=1S/C15H19Cl2N3/c1-10(2)20-6-5-13(19-20)9-12(18)7-11-3-4-14(16)15(17)8-11/h3-6,8,10,12H,7,9,18H2,1-2H3. The van der Waals surface area contributed by atoms with Gasteiger partial charge in [0, 0.05) is 24.7 Å². The van der Waals surface area contributed by atoms with Crippen molar-refractivity contribution in [3.05, 3.63) is 51.8 Å². The monoisotopic (exact) mass is 311 g/mol. The van der Waals surface area contributed by atoms with Gasteiger partial charge in [-0.05, 0) is 44.0 Å². The summed E-state index contributed by atoms with van der Waals surface area (Å²) in [5.41, 5.74) is 8.30. The molecule has 108 valence electrons. The molecule has 5 heteroatoms. The molecule has 0 amide bonds. The van der Waals surface area contributed by atoms with E-state index < -0.39 is 0 Å². The van der Waals surface area contributed by atoms with Crippen LogP contribution >= 0.6 is 23.2 Å². The SMILES string of the molecule is CC(C)n1ccc(CC(N)Cc2ccc(Cl)c(Cl)c2)n1. The van der Waals surface area contributed by atoms with E-state index in [0.29, 0.717) is 16.1 Å². The Morgan fingerprint density at radius 2 is 1.90 bits per heavy atom. The Morgan fingerprint density at radius 1 is 1.15 bits per heavy atom. The van der Waals surface area contributed by atoms with Crippen molar-refractivity contribution < 1.29 is 0 Å². The second kappa shape index (κ2) is 6.61. The van der Waals surface area contributed by atoms with Crippen LogP contribution in [-0.4, -0.2) is 15.8 Å². The molecule has 20 heavy (non-hydrogen) atoms. The Bertz CT molecular complexity index is 578. The summed E-state index contributed by atoms with van der Waals surface area (Å²) in [5, 5.41) is 5.65. The summed E-state index contributed by atoms with van der Waals surface area (Å²) in [6.45, 7) is 4.21. The number of nitrogens with zero attached hydrogens (tertiary/aromatic N) is 2. The van der Waals surface area contributed by atoms with Crippen LogP contribution in [0.5, 0.6) is 0 Å². The summed E-state index contributed by atoms with van der Waals surface area (Å²) < 4.78 is 1.95. The zero-order chi connectivity index (χ0) is 14.7. The van der Waals surface area contributed by atoms with Gasteiger partial charge < -0.3 is 5.73 Å². The molecule has 0 aliphatic rings. The summed E-state index contributed by atoms with van der Waals surface area (Å²) in [7, 11) is 0. The number of halogens is 2. The molecule has 0 saturated heterocycles. The molecule has 0 bridgehead atoms. The maximum Gasteiger partial charge on any atom is 0.0640 e. The van der Waals surface area contributed by atoms with E-state index in [2.05, 4.69) is 18.9 Å². The lowest BCUT2D eigenvalue weighted by molar-refractivity contribution is 0.521. The molecule has 1 aromatic heterocycles. The fraction of sp³-hybridized carbons (Fsp3) is 0.400. The van der Waals surface area contributed by atoms with Crippen molar-refractivity contribution >= 4 is 23.2 Å². The average Bonchev–Trinajstić information content (AvgIpc) is 2.82. The highest BCUT2D eigenvalue weighted by atomic mass is 35.5. The van der Waals surface area contributed by atoms with Crippen molar-refractivity contribution in [2.45, 2.75) is 38.8 Å². The second-order valence-electron chi connectivity index (χ2n) is 5.30. The summed E-state index contributed by atoms with van der Waals surface area (Å²) in [6.07, 6.45) is 3.50. The fourth-order valence-electron chi connectivity index (χ4n) is 2.08. The van der Waals surface area contributed by atoms with Crippen LogP contribution in [0.15, 0.2) is 30.5 Å². The van der Waals surface area contributed by atoms with Crippen molar-refractivity contribution in [3.63, 3.8) is 0 Å². The van der Waals surface area contributed by atoms with Gasteiger partial charge in [-0.25, -0.2) is 0 Å². The molecule has 1 unspecified atom stereocenters. The van der Waals surface area contributed by atoms with E-state index in [-0.39, 0.29) is 6.04 Å². The lowest BCUT2D eigenvalue weighted by Gasteiger charge is -2.11. The molecule has 2 rings (SSSR count). The van der Waals surface area contributed by atoms with E-state index in [4.69, 9.17) is 28.9 Å². The third-order valence-corrected chi connectivity index (χ3v) is 3.88. The third kappa shape index (κ3) is 3.98. The smallest absolute Gasteiger partial charge is 0.0640 e. The molecule has 3 nitrogen and oxygen atoms in total. The van der Waals surface area contributed by atoms with Gasteiger partial charge in [-0.15, -0.1) is 0 Å². The van der Waals surface area contributed by atoms with Crippen LogP contribution in [0.2, 0.25) is 10.0 Å². The molecule has 0 spiro atoms. The van der Waals surface area contributed by atoms with E-state index in [9.17, 15) is 0 Å². The molecule has 0 radical (unpaired) electrons. The Kier molecular flexibility index (Phi) is 5.08. The van der Waals surface area contributed by atoms with Crippen LogP contribution in [0.3, 0.4) is 0 Å². The highest BCUT2D eigenvalue weighted by Crippen LogP contribution is 2.23. The van der Waals surface area contributed by atoms with Crippen molar-refractivity contribution in [1.82, 2.24) is 9.78 Å². The van der Waals surface area contributed by atoms with E-state index >= 15 is 0 Å². The summed E-state index contributed by atoms with van der Waals surface area (Å²) in [6, 6.07) is 8.04. The van der Waals surface area contributed by atoms with Crippen LogP contribution < -0.4 is 5.73 Å². The minimum absolute atomic E-state index is 0.0164. The van der Waals surface area contributed by atoms with Gasteiger partial charge in [-0.1, -0.05) is 29.3 Å². The molecular formula is C15H19Cl2N3. The number of hydrogen-bond donors (Lipinski definition) is 1. The Morgan fingerprint density at radius 3 is 2.50 bits per heavy atom. The first kappa shape index (κ1) is 15.4. The van der Waals surface area contributed by atoms with Gasteiger partial charge in [0.05, 0.1) is 15.7 Å². The van der Waals surface area contributed by atoms with E-state index in [1.54, 1.807) is 6.07 Å². The lowest BCUT2D eigenvalue weighted by Crippen LogP contribution is -2.25.